The maximum atomic E-state index is 5.59. The average molecular weight is 255 g/mol. The molecule has 1 aromatic heterocycles. The Morgan fingerprint density at radius 3 is 2.21 bits per heavy atom. The van der Waals surface area contributed by atoms with Crippen LogP contribution in [-0.4, -0.2) is 27.2 Å². The largest absolute Gasteiger partial charge is 0.360 e. The first-order valence-electron chi connectivity index (χ1n) is 6.70. The molecule has 5 nitrogen and oxygen atoms in total. The summed E-state index contributed by atoms with van der Waals surface area (Å²) in [7, 11) is 0. The van der Waals surface area contributed by atoms with Crippen molar-refractivity contribution in [2.45, 2.75) is 37.4 Å². The highest BCUT2D eigenvalue weighted by Gasteiger charge is 2.66. The number of rotatable bonds is 3. The lowest BCUT2D eigenvalue weighted by Crippen LogP contribution is -2.07. The molecule has 0 bridgehead atoms. The van der Waals surface area contributed by atoms with Crippen molar-refractivity contribution in [3.8, 4) is 0 Å². The zero-order valence-electron chi connectivity index (χ0n) is 10.3. The molecule has 2 fully saturated rings. The maximum Gasteiger partial charge on any atom is 0.133 e. The molecule has 2 saturated heterocycles. The van der Waals surface area contributed by atoms with Crippen LogP contribution in [0.2, 0.25) is 0 Å². The van der Waals surface area contributed by atoms with E-state index in [-0.39, 0.29) is 24.4 Å². The van der Waals surface area contributed by atoms with Gasteiger partial charge in [-0.05, 0) is 12.0 Å². The fraction of sp³-hybridized carbons (Fsp3) is 0.429. The zero-order chi connectivity index (χ0) is 12.4. The molecule has 0 saturated carbocycles. The first kappa shape index (κ1) is 10.1. The monoisotopic (exact) mass is 255 g/mol. The Kier molecular flexibility index (Phi) is 1.83. The van der Waals surface area contributed by atoms with Crippen molar-refractivity contribution >= 4 is 0 Å². The van der Waals surface area contributed by atoms with E-state index in [4.69, 9.17) is 9.47 Å². The lowest BCUT2D eigenvalue weighted by atomic mass is 10.0. The number of hydrogen-bond acceptors (Lipinski definition) is 4. The third-order valence-corrected chi connectivity index (χ3v) is 4.07. The summed E-state index contributed by atoms with van der Waals surface area (Å²) in [5, 5.41) is 9.13. The average Bonchev–Trinajstić information content (AvgIpc) is 3.34. The SMILES string of the molecule is c1ccc(CCn2nc3c(n2)C2OC2C2OC32)cc1. The van der Waals surface area contributed by atoms with Crippen LogP contribution >= 0.6 is 0 Å². The molecular weight excluding hydrogens is 242 g/mol. The standard InChI is InChI=1S/C14H13N3O2/c1-2-4-8(5-3-1)6-7-17-15-9-10(16-17)12-14(19-12)13-11(9)18-13/h1-5,11-14H,6-7H2. The van der Waals surface area contributed by atoms with Gasteiger partial charge < -0.3 is 9.47 Å². The molecule has 19 heavy (non-hydrogen) atoms. The van der Waals surface area contributed by atoms with Gasteiger partial charge >= 0.3 is 0 Å². The Morgan fingerprint density at radius 2 is 1.58 bits per heavy atom. The predicted molar refractivity (Wildman–Crippen MR) is 65.4 cm³/mol. The minimum Gasteiger partial charge on any atom is -0.360 e. The summed E-state index contributed by atoms with van der Waals surface area (Å²) >= 11 is 0. The number of epoxide rings is 2. The smallest absolute Gasteiger partial charge is 0.133 e. The van der Waals surface area contributed by atoms with Crippen LogP contribution < -0.4 is 0 Å². The van der Waals surface area contributed by atoms with Crippen LogP contribution in [0.3, 0.4) is 0 Å². The van der Waals surface area contributed by atoms with Gasteiger partial charge in [0.25, 0.3) is 0 Å². The van der Waals surface area contributed by atoms with Crippen LogP contribution in [0.1, 0.15) is 29.2 Å². The molecule has 3 aliphatic rings. The second-order valence-electron chi connectivity index (χ2n) is 5.34. The molecule has 96 valence electrons. The van der Waals surface area contributed by atoms with Crippen molar-refractivity contribution in [1.82, 2.24) is 15.0 Å². The van der Waals surface area contributed by atoms with Crippen LogP contribution in [0, 0.1) is 0 Å². The molecule has 1 aliphatic carbocycles. The van der Waals surface area contributed by atoms with Crippen LogP contribution in [0.25, 0.3) is 0 Å². The third kappa shape index (κ3) is 1.49. The number of ether oxygens (including phenoxy) is 2. The van der Waals surface area contributed by atoms with Crippen molar-refractivity contribution in [3.63, 3.8) is 0 Å². The summed E-state index contributed by atoms with van der Waals surface area (Å²) in [6, 6.07) is 10.4. The highest BCUT2D eigenvalue weighted by atomic mass is 16.7. The second kappa shape index (κ2) is 3.43. The Morgan fingerprint density at radius 1 is 0.947 bits per heavy atom. The van der Waals surface area contributed by atoms with E-state index in [1.165, 1.54) is 5.56 Å². The van der Waals surface area contributed by atoms with Gasteiger partial charge in [0.15, 0.2) is 0 Å². The van der Waals surface area contributed by atoms with Gasteiger partial charge in [0.05, 0.1) is 6.54 Å². The molecule has 0 radical (unpaired) electrons. The van der Waals surface area contributed by atoms with Crippen molar-refractivity contribution < 1.29 is 9.47 Å². The molecule has 5 heteroatoms. The Bertz CT molecular complexity index is 606. The molecule has 3 heterocycles. The van der Waals surface area contributed by atoms with E-state index in [1.54, 1.807) is 4.80 Å². The summed E-state index contributed by atoms with van der Waals surface area (Å²) in [4.78, 5) is 1.79. The van der Waals surface area contributed by atoms with Gasteiger partial charge in [0.1, 0.15) is 35.8 Å². The van der Waals surface area contributed by atoms with Crippen LogP contribution in [-0.2, 0) is 22.4 Å². The molecule has 2 aromatic rings. The molecule has 0 spiro atoms. The van der Waals surface area contributed by atoms with Crippen molar-refractivity contribution in [2.24, 2.45) is 0 Å². The van der Waals surface area contributed by atoms with Gasteiger partial charge in [-0.25, -0.2) is 0 Å². The summed E-state index contributed by atoms with van der Waals surface area (Å²) in [5.74, 6) is 0. The number of benzene rings is 1. The molecule has 4 atom stereocenters. The fourth-order valence-electron chi connectivity index (χ4n) is 2.94. The van der Waals surface area contributed by atoms with Crippen LogP contribution in [0.15, 0.2) is 30.3 Å². The van der Waals surface area contributed by atoms with Crippen molar-refractivity contribution in [3.05, 3.63) is 47.3 Å². The highest BCUT2D eigenvalue weighted by molar-refractivity contribution is 5.32. The molecule has 1 aromatic carbocycles. The summed E-state index contributed by atoms with van der Waals surface area (Å²) in [6.07, 6.45) is 1.72. The number of nitrogens with zero attached hydrogens (tertiary/aromatic N) is 3. The molecular formula is C14H13N3O2. The lowest BCUT2D eigenvalue weighted by molar-refractivity contribution is 0.303. The number of aryl methyl sites for hydroxylation is 2. The Balaban J connectivity index is 1.38. The van der Waals surface area contributed by atoms with Gasteiger partial charge in [0, 0.05) is 0 Å². The van der Waals surface area contributed by atoms with Crippen LogP contribution in [0.4, 0.5) is 0 Å². The van der Waals surface area contributed by atoms with E-state index >= 15 is 0 Å². The van der Waals surface area contributed by atoms with E-state index in [0.29, 0.717) is 0 Å². The normalized spacial score (nSPS) is 33.3. The fourth-order valence-corrected chi connectivity index (χ4v) is 2.94. The molecule has 4 unspecified atom stereocenters. The van der Waals surface area contributed by atoms with Gasteiger partial charge in [-0.3, -0.25) is 0 Å². The highest BCUT2D eigenvalue weighted by Crippen LogP contribution is 2.59. The van der Waals surface area contributed by atoms with Gasteiger partial charge in [-0.15, -0.1) is 0 Å². The minimum atomic E-state index is 0.143. The van der Waals surface area contributed by atoms with Gasteiger partial charge in [0.2, 0.25) is 0 Å². The van der Waals surface area contributed by atoms with E-state index in [2.05, 4.69) is 34.5 Å². The van der Waals surface area contributed by atoms with E-state index in [9.17, 15) is 0 Å². The zero-order valence-corrected chi connectivity index (χ0v) is 10.3. The number of hydrogen-bond donors (Lipinski definition) is 0. The Hall–Kier alpha value is -1.72. The second-order valence-corrected chi connectivity index (χ2v) is 5.34. The van der Waals surface area contributed by atoms with E-state index < -0.39 is 0 Å². The molecule has 2 aliphatic heterocycles. The first-order chi connectivity index (χ1) is 9.40. The first-order valence-corrected chi connectivity index (χ1v) is 6.70. The third-order valence-electron chi connectivity index (χ3n) is 4.07. The number of fused-ring (bicyclic) bond motifs is 6. The van der Waals surface area contributed by atoms with Gasteiger partial charge in [-0.1, -0.05) is 30.3 Å². The maximum absolute atomic E-state index is 5.59. The summed E-state index contributed by atoms with van der Waals surface area (Å²) in [5.41, 5.74) is 3.30. The Labute approximate surface area is 110 Å². The molecule has 0 N–H and O–H groups in total. The molecule has 5 rings (SSSR count). The predicted octanol–water partition coefficient (Wildman–Crippen LogP) is 1.41. The quantitative estimate of drug-likeness (QED) is 0.778. The van der Waals surface area contributed by atoms with Gasteiger partial charge in [-0.2, -0.15) is 15.0 Å². The van der Waals surface area contributed by atoms with E-state index in [0.717, 1.165) is 24.4 Å². The van der Waals surface area contributed by atoms with Crippen molar-refractivity contribution in [2.75, 3.05) is 0 Å². The molecule has 0 amide bonds. The van der Waals surface area contributed by atoms with Crippen molar-refractivity contribution in [1.29, 1.82) is 0 Å². The van der Waals surface area contributed by atoms with E-state index in [1.807, 2.05) is 6.07 Å². The summed E-state index contributed by atoms with van der Waals surface area (Å²) in [6.45, 7) is 0.797. The minimum absolute atomic E-state index is 0.143. The summed E-state index contributed by atoms with van der Waals surface area (Å²) < 4.78 is 11.2. The lowest BCUT2D eigenvalue weighted by Gasteiger charge is -2.00. The van der Waals surface area contributed by atoms with Crippen LogP contribution in [0.5, 0.6) is 0 Å². The number of aromatic nitrogens is 3. The topological polar surface area (TPSA) is 55.8 Å².